The summed E-state index contributed by atoms with van der Waals surface area (Å²) in [6.07, 6.45) is 0. The molecular formula is C3H7F2O2P. The van der Waals surface area contributed by atoms with Crippen LogP contribution >= 0.6 is 8.77 Å². The van der Waals surface area contributed by atoms with E-state index in [1.165, 1.54) is 7.11 Å². The molecule has 0 atom stereocenters. The van der Waals surface area contributed by atoms with Crippen molar-refractivity contribution >= 4 is 8.77 Å². The SMILES string of the molecule is COCCOP(F)F. The van der Waals surface area contributed by atoms with Crippen LogP contribution in [0.25, 0.3) is 0 Å². The lowest BCUT2D eigenvalue weighted by atomic mass is 10.8. The van der Waals surface area contributed by atoms with E-state index < -0.39 is 8.77 Å². The minimum Gasteiger partial charge on any atom is -0.382 e. The normalized spacial score (nSPS) is 10.5. The minimum atomic E-state index is -3.19. The van der Waals surface area contributed by atoms with Gasteiger partial charge in [-0.15, -0.1) is 0 Å². The summed E-state index contributed by atoms with van der Waals surface area (Å²) in [7, 11) is -1.76. The number of hydrogen-bond acceptors (Lipinski definition) is 2. The number of methoxy groups -OCH3 is 1. The summed E-state index contributed by atoms with van der Waals surface area (Å²) in [4.78, 5) is 0. The maximum atomic E-state index is 11.1. The van der Waals surface area contributed by atoms with Crippen LogP contribution in [0.3, 0.4) is 0 Å². The second kappa shape index (κ2) is 5.35. The maximum Gasteiger partial charge on any atom is 0.415 e. The van der Waals surface area contributed by atoms with Gasteiger partial charge in [-0.1, -0.05) is 0 Å². The molecule has 0 fully saturated rings. The highest BCUT2D eigenvalue weighted by molar-refractivity contribution is 7.40. The van der Waals surface area contributed by atoms with E-state index in [1.807, 2.05) is 0 Å². The van der Waals surface area contributed by atoms with Gasteiger partial charge in [-0.3, -0.25) is 0 Å². The molecule has 0 aromatic rings. The predicted octanol–water partition coefficient (Wildman–Crippen LogP) is 1.82. The molecule has 0 saturated heterocycles. The van der Waals surface area contributed by atoms with Crippen molar-refractivity contribution in [3.63, 3.8) is 0 Å². The summed E-state index contributed by atoms with van der Waals surface area (Å²) in [5.41, 5.74) is 0. The number of rotatable bonds is 4. The molecule has 5 heteroatoms. The third-order valence-electron chi connectivity index (χ3n) is 0.476. The molecule has 2 nitrogen and oxygen atoms in total. The van der Waals surface area contributed by atoms with Gasteiger partial charge in [0.25, 0.3) is 0 Å². The average Bonchev–Trinajstić information content (AvgIpc) is 1.66. The van der Waals surface area contributed by atoms with Crippen LogP contribution in [-0.2, 0) is 9.26 Å². The number of ether oxygens (including phenoxy) is 1. The summed E-state index contributed by atoms with van der Waals surface area (Å²) >= 11 is 0. The first-order chi connectivity index (χ1) is 3.77. The van der Waals surface area contributed by atoms with Gasteiger partial charge in [0.1, 0.15) is 0 Å². The van der Waals surface area contributed by atoms with Crippen molar-refractivity contribution in [3.8, 4) is 0 Å². The highest BCUT2D eigenvalue weighted by Crippen LogP contribution is 2.39. The van der Waals surface area contributed by atoms with E-state index in [0.29, 0.717) is 0 Å². The Morgan fingerprint density at radius 1 is 1.38 bits per heavy atom. The summed E-state index contributed by atoms with van der Waals surface area (Å²) in [6, 6.07) is 0. The highest BCUT2D eigenvalue weighted by Gasteiger charge is 2.01. The molecule has 0 rings (SSSR count). The Morgan fingerprint density at radius 3 is 2.38 bits per heavy atom. The second-order valence-corrected chi connectivity index (χ2v) is 1.69. The fourth-order valence-corrected chi connectivity index (χ4v) is 0.402. The first kappa shape index (κ1) is 8.21. The third kappa shape index (κ3) is 6.21. The molecule has 0 bridgehead atoms. The topological polar surface area (TPSA) is 18.5 Å². The lowest BCUT2D eigenvalue weighted by Gasteiger charge is -1.96. The van der Waals surface area contributed by atoms with Gasteiger partial charge in [-0.25, -0.2) is 0 Å². The third-order valence-corrected chi connectivity index (χ3v) is 0.854. The zero-order valence-electron chi connectivity index (χ0n) is 4.43. The van der Waals surface area contributed by atoms with E-state index in [2.05, 4.69) is 9.26 Å². The molecule has 0 aromatic carbocycles. The fraction of sp³-hybridized carbons (Fsp3) is 1.00. The van der Waals surface area contributed by atoms with Gasteiger partial charge >= 0.3 is 8.77 Å². The molecule has 0 amide bonds. The van der Waals surface area contributed by atoms with Gasteiger partial charge < -0.3 is 9.26 Å². The standard InChI is InChI=1S/C3H7F2O2P/c1-6-2-3-7-8(4)5/h2-3H2,1H3. The lowest BCUT2D eigenvalue weighted by molar-refractivity contribution is 0.146. The Bertz CT molecular complexity index is 52.5. The summed E-state index contributed by atoms with van der Waals surface area (Å²) in [5.74, 6) is 0. The first-order valence-electron chi connectivity index (χ1n) is 2.01. The lowest BCUT2D eigenvalue weighted by Crippen LogP contribution is -1.95. The van der Waals surface area contributed by atoms with Gasteiger partial charge in [0.15, 0.2) is 0 Å². The van der Waals surface area contributed by atoms with Crippen LogP contribution in [0.2, 0.25) is 0 Å². The van der Waals surface area contributed by atoms with E-state index in [9.17, 15) is 8.39 Å². The molecule has 0 aliphatic carbocycles. The second-order valence-electron chi connectivity index (χ2n) is 1.03. The van der Waals surface area contributed by atoms with E-state index in [1.54, 1.807) is 0 Å². The molecule has 0 unspecified atom stereocenters. The van der Waals surface area contributed by atoms with Gasteiger partial charge in [-0.2, -0.15) is 8.39 Å². The van der Waals surface area contributed by atoms with Crippen molar-refractivity contribution in [1.82, 2.24) is 0 Å². The Kier molecular flexibility index (Phi) is 5.49. The Hall–Kier alpha value is 0.210. The molecule has 0 aromatic heterocycles. The molecule has 0 N–H and O–H groups in total. The predicted molar refractivity (Wildman–Crippen MR) is 27.0 cm³/mol. The largest absolute Gasteiger partial charge is 0.415 e. The Balaban J connectivity index is 2.72. The first-order valence-corrected chi connectivity index (χ1v) is 3.05. The van der Waals surface area contributed by atoms with Crippen LogP contribution in [0, 0.1) is 0 Å². The molecular weight excluding hydrogens is 137 g/mol. The van der Waals surface area contributed by atoms with Crippen LogP contribution in [0.15, 0.2) is 0 Å². The van der Waals surface area contributed by atoms with Crippen LogP contribution in [-0.4, -0.2) is 20.3 Å². The monoisotopic (exact) mass is 144 g/mol. The summed E-state index contributed by atoms with van der Waals surface area (Å²) < 4.78 is 30.6. The maximum absolute atomic E-state index is 11.1. The van der Waals surface area contributed by atoms with Crippen LogP contribution in [0.4, 0.5) is 8.39 Å². The van der Waals surface area contributed by atoms with Crippen molar-refractivity contribution in [2.24, 2.45) is 0 Å². The Morgan fingerprint density at radius 2 is 2.00 bits per heavy atom. The molecule has 8 heavy (non-hydrogen) atoms. The molecule has 0 radical (unpaired) electrons. The van der Waals surface area contributed by atoms with Crippen molar-refractivity contribution in [3.05, 3.63) is 0 Å². The summed E-state index contributed by atoms with van der Waals surface area (Å²) in [6.45, 7) is 0.210. The quantitative estimate of drug-likeness (QED) is 0.442. The summed E-state index contributed by atoms with van der Waals surface area (Å²) in [5, 5.41) is 0. The van der Waals surface area contributed by atoms with E-state index >= 15 is 0 Å². The fourth-order valence-electron chi connectivity index (χ4n) is 0.190. The minimum absolute atomic E-state index is 0.0186. The van der Waals surface area contributed by atoms with Gasteiger partial charge in [0.05, 0.1) is 13.2 Å². The van der Waals surface area contributed by atoms with Crippen molar-refractivity contribution in [2.75, 3.05) is 20.3 Å². The van der Waals surface area contributed by atoms with E-state index in [-0.39, 0.29) is 13.2 Å². The number of halogens is 2. The van der Waals surface area contributed by atoms with Gasteiger partial charge in [0, 0.05) is 7.11 Å². The molecule has 0 aliphatic heterocycles. The van der Waals surface area contributed by atoms with Gasteiger partial charge in [0.2, 0.25) is 0 Å². The average molecular weight is 144 g/mol. The molecule has 0 aliphatic rings. The zero-order chi connectivity index (χ0) is 6.41. The Labute approximate surface area is 47.9 Å². The van der Waals surface area contributed by atoms with Crippen LogP contribution in [0.1, 0.15) is 0 Å². The zero-order valence-corrected chi connectivity index (χ0v) is 5.33. The van der Waals surface area contributed by atoms with Crippen molar-refractivity contribution in [1.29, 1.82) is 0 Å². The van der Waals surface area contributed by atoms with E-state index in [4.69, 9.17) is 0 Å². The van der Waals surface area contributed by atoms with Crippen molar-refractivity contribution < 1.29 is 17.7 Å². The van der Waals surface area contributed by atoms with Crippen molar-refractivity contribution in [2.45, 2.75) is 0 Å². The molecule has 0 spiro atoms. The van der Waals surface area contributed by atoms with Crippen LogP contribution < -0.4 is 0 Å². The molecule has 50 valence electrons. The smallest absolute Gasteiger partial charge is 0.382 e. The van der Waals surface area contributed by atoms with Crippen LogP contribution in [0.5, 0.6) is 0 Å². The van der Waals surface area contributed by atoms with Gasteiger partial charge in [-0.05, 0) is 0 Å². The highest BCUT2D eigenvalue weighted by atomic mass is 31.2. The molecule has 0 heterocycles. The van der Waals surface area contributed by atoms with E-state index in [0.717, 1.165) is 0 Å². The number of hydrogen-bond donors (Lipinski definition) is 0. The molecule has 0 saturated carbocycles.